The molecule has 0 atom stereocenters. The molecule has 32 heavy (non-hydrogen) atoms. The molecule has 6 nitrogen and oxygen atoms in total. The highest BCUT2D eigenvalue weighted by molar-refractivity contribution is 7.90. The molecule has 0 aromatic heterocycles. The van der Waals surface area contributed by atoms with Gasteiger partial charge in [-0.05, 0) is 47.5 Å². The summed E-state index contributed by atoms with van der Waals surface area (Å²) in [5, 5.41) is 3.44. The monoisotopic (exact) mass is 475 g/mol. The molecule has 0 bridgehead atoms. The minimum absolute atomic E-state index is 0.0500. The Bertz CT molecular complexity index is 1180. The molecule has 0 aliphatic rings. The van der Waals surface area contributed by atoms with Gasteiger partial charge in [-0.3, -0.25) is 9.10 Å². The predicted molar refractivity (Wildman–Crippen MR) is 124 cm³/mol. The van der Waals surface area contributed by atoms with Crippen LogP contribution in [0.2, 0.25) is 5.02 Å². The third kappa shape index (κ3) is 5.64. The fraction of sp³-hybridized carbons (Fsp3) is 0.174. The second-order valence-electron chi connectivity index (χ2n) is 7.25. The van der Waals surface area contributed by atoms with Crippen LogP contribution in [-0.2, 0) is 23.3 Å². The van der Waals surface area contributed by atoms with Crippen LogP contribution in [0.25, 0.3) is 0 Å². The van der Waals surface area contributed by atoms with E-state index in [2.05, 4.69) is 5.32 Å². The van der Waals surface area contributed by atoms with Gasteiger partial charge in [0.25, 0.3) is 5.91 Å². The maximum atomic E-state index is 14.4. The molecule has 0 unspecified atom stereocenters. The van der Waals surface area contributed by atoms with Gasteiger partial charge in [-0.1, -0.05) is 48.0 Å². The fourth-order valence-corrected chi connectivity index (χ4v) is 4.19. The Morgan fingerprint density at radius 2 is 1.53 bits per heavy atom. The first-order chi connectivity index (χ1) is 15.2. The second-order valence-corrected chi connectivity index (χ2v) is 9.76. The maximum Gasteiger partial charge on any atom is 0.303 e. The minimum Gasteiger partial charge on any atom is -0.348 e. The molecule has 9 heteroatoms. The quantitative estimate of drug-likeness (QED) is 0.530. The number of carbonyl (C=O) groups is 1. The first-order valence-corrected chi connectivity index (χ1v) is 11.5. The Morgan fingerprint density at radius 1 is 0.938 bits per heavy atom. The molecule has 0 fully saturated rings. The zero-order chi connectivity index (χ0) is 23.3. The first-order valence-electron chi connectivity index (χ1n) is 9.75. The summed E-state index contributed by atoms with van der Waals surface area (Å²) in [6.45, 7) is 0.258. The SMILES string of the molecule is CN(C)S(=O)(=O)N(Cc1ccc(C(=O)NCc2ccc(Cl)cc2)cc1)c1ccccc1F. The summed E-state index contributed by atoms with van der Waals surface area (Å²) in [6.07, 6.45) is 0. The van der Waals surface area contributed by atoms with Crippen LogP contribution < -0.4 is 9.62 Å². The molecule has 0 saturated heterocycles. The highest BCUT2D eigenvalue weighted by Gasteiger charge is 2.27. The lowest BCUT2D eigenvalue weighted by Crippen LogP contribution is -2.40. The summed E-state index contributed by atoms with van der Waals surface area (Å²) in [5.41, 5.74) is 1.89. The van der Waals surface area contributed by atoms with Gasteiger partial charge in [-0.25, -0.2) is 4.39 Å². The van der Waals surface area contributed by atoms with Crippen molar-refractivity contribution in [3.63, 3.8) is 0 Å². The Labute approximate surface area is 192 Å². The van der Waals surface area contributed by atoms with E-state index < -0.39 is 16.0 Å². The lowest BCUT2D eigenvalue weighted by atomic mass is 10.1. The molecule has 3 aromatic carbocycles. The third-order valence-electron chi connectivity index (χ3n) is 4.77. The van der Waals surface area contributed by atoms with E-state index in [0.717, 1.165) is 14.2 Å². The van der Waals surface area contributed by atoms with Gasteiger partial charge in [0.1, 0.15) is 5.82 Å². The summed E-state index contributed by atoms with van der Waals surface area (Å²) >= 11 is 5.86. The summed E-state index contributed by atoms with van der Waals surface area (Å²) in [4.78, 5) is 12.4. The van der Waals surface area contributed by atoms with Gasteiger partial charge in [0.15, 0.2) is 0 Å². The van der Waals surface area contributed by atoms with Gasteiger partial charge in [0.2, 0.25) is 0 Å². The van der Waals surface area contributed by atoms with E-state index in [-0.39, 0.29) is 18.1 Å². The first kappa shape index (κ1) is 23.7. The Morgan fingerprint density at radius 3 is 2.12 bits per heavy atom. The fourth-order valence-electron chi connectivity index (χ4n) is 2.96. The van der Waals surface area contributed by atoms with E-state index in [1.54, 1.807) is 42.5 Å². The topological polar surface area (TPSA) is 69.7 Å². The van der Waals surface area contributed by atoms with Gasteiger partial charge in [0, 0.05) is 31.2 Å². The van der Waals surface area contributed by atoms with E-state index >= 15 is 0 Å². The van der Waals surface area contributed by atoms with Crippen LogP contribution in [0, 0.1) is 5.82 Å². The van der Waals surface area contributed by atoms with Gasteiger partial charge < -0.3 is 5.32 Å². The maximum absolute atomic E-state index is 14.4. The van der Waals surface area contributed by atoms with E-state index in [4.69, 9.17) is 11.6 Å². The van der Waals surface area contributed by atoms with E-state index in [0.29, 0.717) is 22.7 Å². The number of anilines is 1. The van der Waals surface area contributed by atoms with Crippen LogP contribution >= 0.6 is 11.6 Å². The van der Waals surface area contributed by atoms with Crippen molar-refractivity contribution in [1.29, 1.82) is 0 Å². The number of nitrogens with one attached hydrogen (secondary N) is 1. The molecule has 0 saturated carbocycles. The summed E-state index contributed by atoms with van der Waals surface area (Å²) in [6, 6.07) is 19.4. The van der Waals surface area contributed by atoms with Crippen molar-refractivity contribution in [1.82, 2.24) is 9.62 Å². The molecule has 0 aliphatic heterocycles. The number of rotatable bonds is 8. The molecule has 1 amide bonds. The molecule has 3 aromatic rings. The molecule has 1 N–H and O–H groups in total. The van der Waals surface area contributed by atoms with Crippen molar-refractivity contribution < 1.29 is 17.6 Å². The number of carbonyl (C=O) groups excluding carboxylic acids is 1. The average molecular weight is 476 g/mol. The number of halogens is 2. The number of hydrogen-bond acceptors (Lipinski definition) is 3. The van der Waals surface area contributed by atoms with Gasteiger partial charge in [0.05, 0.1) is 12.2 Å². The van der Waals surface area contributed by atoms with E-state index in [1.165, 1.54) is 32.3 Å². The molecular formula is C23H23ClFN3O3S. The van der Waals surface area contributed by atoms with Gasteiger partial charge >= 0.3 is 10.2 Å². The van der Waals surface area contributed by atoms with Crippen LogP contribution in [0.4, 0.5) is 10.1 Å². The highest BCUT2D eigenvalue weighted by Crippen LogP contribution is 2.25. The van der Waals surface area contributed by atoms with Crippen LogP contribution in [0.1, 0.15) is 21.5 Å². The van der Waals surface area contributed by atoms with Crippen molar-refractivity contribution in [2.24, 2.45) is 0 Å². The molecule has 0 radical (unpaired) electrons. The smallest absolute Gasteiger partial charge is 0.303 e. The molecule has 0 aliphatic carbocycles. The van der Waals surface area contributed by atoms with Gasteiger partial charge in [-0.15, -0.1) is 0 Å². The number of nitrogens with zero attached hydrogens (tertiary/aromatic N) is 2. The van der Waals surface area contributed by atoms with Crippen molar-refractivity contribution in [3.8, 4) is 0 Å². The normalized spacial score (nSPS) is 11.4. The molecule has 0 heterocycles. The zero-order valence-electron chi connectivity index (χ0n) is 17.6. The number of para-hydroxylation sites is 1. The zero-order valence-corrected chi connectivity index (χ0v) is 19.2. The van der Waals surface area contributed by atoms with Gasteiger partial charge in [-0.2, -0.15) is 12.7 Å². The number of amides is 1. The lowest BCUT2D eigenvalue weighted by Gasteiger charge is -2.27. The van der Waals surface area contributed by atoms with Crippen molar-refractivity contribution in [2.45, 2.75) is 13.1 Å². The van der Waals surface area contributed by atoms with Crippen molar-refractivity contribution in [3.05, 3.63) is 100 Å². The van der Waals surface area contributed by atoms with E-state index in [1.807, 2.05) is 12.1 Å². The molecular weight excluding hydrogens is 453 g/mol. The Hall–Kier alpha value is -2.94. The number of hydrogen-bond donors (Lipinski definition) is 1. The largest absolute Gasteiger partial charge is 0.348 e. The molecule has 3 rings (SSSR count). The Kier molecular flexibility index (Phi) is 7.50. The predicted octanol–water partition coefficient (Wildman–Crippen LogP) is 4.22. The average Bonchev–Trinajstić information content (AvgIpc) is 2.77. The Balaban J connectivity index is 1.75. The van der Waals surface area contributed by atoms with Crippen LogP contribution in [0.3, 0.4) is 0 Å². The van der Waals surface area contributed by atoms with E-state index in [9.17, 15) is 17.6 Å². The summed E-state index contributed by atoms with van der Waals surface area (Å²) in [7, 11) is -1.17. The standard InChI is InChI=1S/C23H23ClFN3O3S/c1-27(2)32(30,31)28(22-6-4-3-5-21(22)25)16-18-7-11-19(12-8-18)23(29)26-15-17-9-13-20(24)14-10-17/h3-14H,15-16H2,1-2H3,(H,26,29). The lowest BCUT2D eigenvalue weighted by molar-refractivity contribution is 0.0951. The van der Waals surface area contributed by atoms with Crippen molar-refractivity contribution >= 4 is 33.4 Å². The minimum atomic E-state index is -3.94. The van der Waals surface area contributed by atoms with Crippen LogP contribution in [0.5, 0.6) is 0 Å². The highest BCUT2D eigenvalue weighted by atomic mass is 35.5. The number of benzene rings is 3. The molecule has 0 spiro atoms. The van der Waals surface area contributed by atoms with Crippen LogP contribution in [0.15, 0.2) is 72.8 Å². The van der Waals surface area contributed by atoms with Crippen LogP contribution in [-0.4, -0.2) is 32.7 Å². The molecule has 168 valence electrons. The van der Waals surface area contributed by atoms with Crippen molar-refractivity contribution in [2.75, 3.05) is 18.4 Å². The second kappa shape index (κ2) is 10.1. The third-order valence-corrected chi connectivity index (χ3v) is 6.83. The summed E-state index contributed by atoms with van der Waals surface area (Å²) in [5.74, 6) is -0.908. The summed E-state index contributed by atoms with van der Waals surface area (Å²) < 4.78 is 42.0.